The molecule has 0 aliphatic carbocycles. The molecule has 0 radical (unpaired) electrons. The number of hydrogen-bond donors (Lipinski definition) is 6. The van der Waals surface area contributed by atoms with Gasteiger partial charge in [0.2, 0.25) is 0 Å². The van der Waals surface area contributed by atoms with Crippen LogP contribution >= 0.6 is 0 Å². The Bertz CT molecular complexity index is 44.5. The van der Waals surface area contributed by atoms with Gasteiger partial charge in [-0.25, -0.2) is 0 Å². The normalized spacial score (nSPS) is 5.14. The Morgan fingerprint density at radius 2 is 0.333 bits per heavy atom. The minimum Gasteiger partial charge on any atom is -0.397 e. The van der Waals surface area contributed by atoms with Crippen molar-refractivity contribution in [2.75, 3.05) is 39.6 Å². The Kier molecular flexibility index (Phi) is 419. The van der Waals surface area contributed by atoms with Crippen LogP contribution < -0.4 is 0 Å². The molecule has 9 heteroatoms. The molecule has 0 fully saturated rings. The molecule has 0 spiro atoms. The molecule has 0 saturated heterocycles. The maximum absolute atomic E-state index is 7.57. The second kappa shape index (κ2) is 155. The van der Waals surface area contributed by atoms with Crippen molar-refractivity contribution in [1.29, 1.82) is 0 Å². The van der Waals surface area contributed by atoms with Gasteiger partial charge in [-0.2, -0.15) is 0 Å². The molecule has 0 aliphatic heterocycles. The van der Waals surface area contributed by atoms with E-state index in [1.54, 1.807) is 41.5 Å². The molecule has 0 aromatic carbocycles. The van der Waals surface area contributed by atoms with Crippen molar-refractivity contribution in [3.8, 4) is 0 Å². The summed E-state index contributed by atoms with van der Waals surface area (Å²) in [6, 6.07) is 0. The van der Waals surface area contributed by atoms with E-state index in [-0.39, 0.29) is 103 Å². The average molecular weight is 564 g/mol. The van der Waals surface area contributed by atoms with Gasteiger partial charge in [-0.3, -0.25) is 0 Å². The van der Waals surface area contributed by atoms with Crippen LogP contribution in [0.3, 0.4) is 0 Å². The van der Waals surface area contributed by atoms with Gasteiger partial charge in [0.25, 0.3) is 0 Å². The third-order valence-electron chi connectivity index (χ3n) is 0. The van der Waals surface area contributed by atoms with E-state index in [0.29, 0.717) is 0 Å². The van der Waals surface area contributed by atoms with E-state index in [9.17, 15) is 0 Å². The van der Waals surface area contributed by atoms with E-state index >= 15 is 0 Å². The minimum atomic E-state index is 0. The summed E-state index contributed by atoms with van der Waals surface area (Å²) in [5.41, 5.74) is 0. The fourth-order valence-corrected chi connectivity index (χ4v) is 0. The minimum absolute atomic E-state index is 0. The van der Waals surface area contributed by atoms with Crippen LogP contribution in [0.2, 0.25) is 0 Å². The third-order valence-corrected chi connectivity index (χ3v) is 0. The van der Waals surface area contributed by atoms with Crippen molar-refractivity contribution < 1.29 is 93.8 Å². The topological polar surface area (TPSA) is 121 Å². The fraction of sp³-hybridized carbons (Fsp3) is 1.00. The van der Waals surface area contributed by atoms with Crippen LogP contribution in [0.15, 0.2) is 0 Å². The Morgan fingerprint density at radius 3 is 0.333 bits per heavy atom. The summed E-state index contributed by atoms with van der Waals surface area (Å²) < 4.78 is 0. The van der Waals surface area contributed by atoms with E-state index in [4.69, 9.17) is 30.6 Å². The molecule has 0 aromatic heterocycles. The van der Waals surface area contributed by atoms with Gasteiger partial charge >= 0.3 is 0 Å². The van der Waals surface area contributed by atoms with E-state index in [2.05, 4.69) is 0 Å². The monoisotopic (exact) mass is 570 g/mol. The number of aliphatic hydroxyl groups excluding tert-OH is 6. The van der Waals surface area contributed by atoms with Crippen molar-refractivity contribution in [2.24, 2.45) is 0 Å². The van der Waals surface area contributed by atoms with E-state index in [1.165, 1.54) is 0 Å². The first-order valence-corrected chi connectivity index (χ1v) is 6.14. The molecule has 0 amide bonds. The molecule has 0 atom stereocenters. The van der Waals surface area contributed by atoms with Crippen molar-refractivity contribution in [2.45, 2.75) is 41.5 Å². The zero-order chi connectivity index (χ0) is 16.2. The first-order valence-electron chi connectivity index (χ1n) is 6.14. The molecular weight excluding hydrogens is 528 g/mol. The molecule has 0 aromatic rings. The quantitative estimate of drug-likeness (QED) is 0.231. The van der Waals surface area contributed by atoms with Crippen LogP contribution in [0.1, 0.15) is 41.5 Å². The molecular formula is C12H36Mo3O6. The molecule has 0 heterocycles. The summed E-state index contributed by atoms with van der Waals surface area (Å²) in [6.45, 7) is 11.6. The molecule has 21 heavy (non-hydrogen) atoms. The van der Waals surface area contributed by atoms with Crippen LogP contribution in [0.4, 0.5) is 0 Å². The Balaban J connectivity index is -0.0000000114. The zero-order valence-corrected chi connectivity index (χ0v) is 20.2. The van der Waals surface area contributed by atoms with Crippen molar-refractivity contribution in [1.82, 2.24) is 0 Å². The van der Waals surface area contributed by atoms with Crippen LogP contribution in [-0.2, 0) is 63.2 Å². The Morgan fingerprint density at radius 1 is 0.333 bits per heavy atom. The van der Waals surface area contributed by atoms with Crippen molar-refractivity contribution in [3.63, 3.8) is 0 Å². The maximum atomic E-state index is 7.57. The van der Waals surface area contributed by atoms with Crippen LogP contribution in [-0.4, -0.2) is 70.3 Å². The van der Waals surface area contributed by atoms with Crippen LogP contribution in [0.5, 0.6) is 0 Å². The van der Waals surface area contributed by atoms with Gasteiger partial charge in [0.15, 0.2) is 0 Å². The third kappa shape index (κ3) is 2580. The van der Waals surface area contributed by atoms with Gasteiger partial charge in [-0.1, -0.05) is 0 Å². The summed E-state index contributed by atoms with van der Waals surface area (Å²) in [5.74, 6) is 0. The summed E-state index contributed by atoms with van der Waals surface area (Å²) in [5, 5.41) is 45.4. The van der Waals surface area contributed by atoms with E-state index in [0.717, 1.165) is 0 Å². The average Bonchev–Trinajstić information content (AvgIpc) is 2.23. The Labute approximate surface area is 174 Å². The molecule has 0 aliphatic rings. The van der Waals surface area contributed by atoms with Gasteiger partial charge in [-0.15, -0.1) is 0 Å². The Hall–Kier alpha value is 1.82. The smallest absolute Gasteiger partial charge is 0.0402 e. The number of aliphatic hydroxyl groups is 6. The van der Waals surface area contributed by atoms with Gasteiger partial charge < -0.3 is 30.6 Å². The van der Waals surface area contributed by atoms with Crippen LogP contribution in [0.25, 0.3) is 0 Å². The summed E-state index contributed by atoms with van der Waals surface area (Å²) in [6.07, 6.45) is 0. The maximum Gasteiger partial charge on any atom is 0.0402 e. The van der Waals surface area contributed by atoms with Gasteiger partial charge in [0, 0.05) is 103 Å². The summed E-state index contributed by atoms with van der Waals surface area (Å²) in [7, 11) is 0. The zero-order valence-electron chi connectivity index (χ0n) is 14.2. The standard InChI is InChI=1S/6C2H6O.3Mo/c6*1-2-3;;;/h6*3H,2H2,1H3;;;. The molecule has 6 nitrogen and oxygen atoms in total. The number of hydrogen-bond acceptors (Lipinski definition) is 6. The largest absolute Gasteiger partial charge is 0.397 e. The fourth-order valence-electron chi connectivity index (χ4n) is 0. The van der Waals surface area contributed by atoms with Crippen molar-refractivity contribution >= 4 is 0 Å². The number of rotatable bonds is 0. The molecule has 0 rings (SSSR count). The van der Waals surface area contributed by atoms with Crippen LogP contribution in [0, 0.1) is 0 Å². The van der Waals surface area contributed by atoms with E-state index < -0.39 is 0 Å². The molecule has 6 N–H and O–H groups in total. The summed E-state index contributed by atoms with van der Waals surface area (Å²) >= 11 is 0. The first kappa shape index (κ1) is 56.9. The second-order valence-corrected chi connectivity index (χ2v) is 1.90. The van der Waals surface area contributed by atoms with Crippen molar-refractivity contribution in [3.05, 3.63) is 0 Å². The van der Waals surface area contributed by atoms with Gasteiger partial charge in [-0.05, 0) is 41.5 Å². The predicted octanol–water partition coefficient (Wildman–Crippen LogP) is -0.0159. The van der Waals surface area contributed by atoms with E-state index in [1.807, 2.05) is 0 Å². The summed E-state index contributed by atoms with van der Waals surface area (Å²) in [4.78, 5) is 0. The molecule has 0 bridgehead atoms. The molecule has 0 saturated carbocycles. The second-order valence-electron chi connectivity index (χ2n) is 1.90. The predicted molar refractivity (Wildman–Crippen MR) is 76.6 cm³/mol. The molecule has 138 valence electrons. The first-order chi connectivity index (χ1) is 8.49. The SMILES string of the molecule is CCO.CCO.CCO.CCO.CCO.CCO.[Mo].[Mo].[Mo]. The van der Waals surface area contributed by atoms with Gasteiger partial charge in [0.05, 0.1) is 0 Å². The van der Waals surface area contributed by atoms with Gasteiger partial charge in [0.1, 0.15) is 0 Å². The molecule has 0 unspecified atom stereocenters.